The third-order valence-electron chi connectivity index (χ3n) is 7.71. The Morgan fingerprint density at radius 2 is 2.05 bits per heavy atom. The van der Waals surface area contributed by atoms with Crippen LogP contribution < -0.4 is 19.9 Å². The fourth-order valence-electron chi connectivity index (χ4n) is 5.68. The highest BCUT2D eigenvalue weighted by Crippen LogP contribution is 2.47. The van der Waals surface area contributed by atoms with Crippen molar-refractivity contribution >= 4 is 11.9 Å². The molecule has 1 fully saturated rings. The molecule has 1 aromatic carbocycles. The minimum absolute atomic E-state index is 0.0256. The second kappa shape index (κ2) is 13.7. The van der Waals surface area contributed by atoms with Crippen molar-refractivity contribution in [1.29, 1.82) is 0 Å². The number of nitrogens with two attached hydrogens (primary N) is 1. The lowest BCUT2D eigenvalue weighted by Crippen LogP contribution is -2.45. The SMILES string of the molecule is CCCCN(CCCCN)C(=O)CN1C[C@H](c2cc(OC)c3c(c2)OCO3)C(C(=O)O)[C@@H]1CCn1cccn1. The number of aliphatic carboxylic acids is 1. The molecule has 3 atom stereocenters. The lowest BCUT2D eigenvalue weighted by Gasteiger charge is -2.29. The lowest BCUT2D eigenvalue weighted by molar-refractivity contribution is -0.144. The zero-order valence-corrected chi connectivity index (χ0v) is 23.0. The maximum absolute atomic E-state index is 13.6. The number of carboxylic acid groups (broad SMARTS) is 1. The van der Waals surface area contributed by atoms with Gasteiger partial charge in [-0.25, -0.2) is 0 Å². The first kappa shape index (κ1) is 28.7. The summed E-state index contributed by atoms with van der Waals surface area (Å²) in [6, 6.07) is 5.18. The second-order valence-electron chi connectivity index (χ2n) is 10.2. The Bertz CT molecular complexity index is 1090. The highest BCUT2D eigenvalue weighted by molar-refractivity contribution is 5.79. The molecule has 214 valence electrons. The van der Waals surface area contributed by atoms with Gasteiger partial charge in [-0.2, -0.15) is 5.10 Å². The fourth-order valence-corrected chi connectivity index (χ4v) is 5.68. The molecule has 1 saturated heterocycles. The van der Waals surface area contributed by atoms with E-state index in [1.165, 1.54) is 0 Å². The number of aromatic nitrogens is 2. The molecule has 0 spiro atoms. The van der Waals surface area contributed by atoms with Crippen LogP contribution in [0.15, 0.2) is 30.6 Å². The quantitative estimate of drug-likeness (QED) is 0.325. The van der Waals surface area contributed by atoms with E-state index in [1.807, 2.05) is 34.2 Å². The van der Waals surface area contributed by atoms with Gasteiger partial charge in [-0.1, -0.05) is 13.3 Å². The normalized spacial score (nSPS) is 20.3. The number of amides is 1. The Morgan fingerprint density at radius 3 is 2.74 bits per heavy atom. The van der Waals surface area contributed by atoms with Crippen LogP contribution in [0.5, 0.6) is 17.2 Å². The summed E-state index contributed by atoms with van der Waals surface area (Å²) < 4.78 is 18.5. The molecule has 2 aliphatic rings. The van der Waals surface area contributed by atoms with Gasteiger partial charge in [0.25, 0.3) is 0 Å². The largest absolute Gasteiger partial charge is 0.493 e. The molecule has 1 aromatic heterocycles. The Labute approximate surface area is 229 Å². The summed E-state index contributed by atoms with van der Waals surface area (Å²) in [4.78, 5) is 30.3. The molecule has 39 heavy (non-hydrogen) atoms. The molecule has 0 radical (unpaired) electrons. The summed E-state index contributed by atoms with van der Waals surface area (Å²) in [5.74, 6) is -0.362. The molecule has 11 nitrogen and oxygen atoms in total. The molecular weight excluding hydrogens is 502 g/mol. The number of methoxy groups -OCH3 is 1. The number of carboxylic acids is 1. The highest BCUT2D eigenvalue weighted by Gasteiger charge is 2.47. The summed E-state index contributed by atoms with van der Waals surface area (Å²) in [5.41, 5.74) is 6.48. The number of nitrogens with zero attached hydrogens (tertiary/aromatic N) is 4. The molecule has 0 saturated carbocycles. The first-order chi connectivity index (χ1) is 19.0. The van der Waals surface area contributed by atoms with E-state index in [0.717, 1.165) is 31.2 Å². The maximum atomic E-state index is 13.6. The van der Waals surface area contributed by atoms with Gasteiger partial charge in [0.1, 0.15) is 0 Å². The van der Waals surface area contributed by atoms with Gasteiger partial charge in [-0.15, -0.1) is 0 Å². The van der Waals surface area contributed by atoms with Crippen molar-refractivity contribution in [3.63, 3.8) is 0 Å². The number of hydrogen-bond acceptors (Lipinski definition) is 8. The molecule has 1 amide bonds. The number of aryl methyl sites for hydroxylation is 1. The number of likely N-dealkylation sites (tertiary alicyclic amines) is 1. The summed E-state index contributed by atoms with van der Waals surface area (Å²) >= 11 is 0. The van der Waals surface area contributed by atoms with Gasteiger partial charge >= 0.3 is 5.97 Å². The van der Waals surface area contributed by atoms with Gasteiger partial charge in [-0.05, 0) is 56.0 Å². The van der Waals surface area contributed by atoms with Gasteiger partial charge < -0.3 is 30.0 Å². The minimum Gasteiger partial charge on any atom is -0.493 e. The first-order valence-corrected chi connectivity index (χ1v) is 13.9. The third kappa shape index (κ3) is 6.83. The van der Waals surface area contributed by atoms with Crippen LogP contribution in [0.25, 0.3) is 0 Å². The second-order valence-corrected chi connectivity index (χ2v) is 10.2. The zero-order chi connectivity index (χ0) is 27.8. The van der Waals surface area contributed by atoms with Crippen LogP contribution in [0.2, 0.25) is 0 Å². The monoisotopic (exact) mass is 543 g/mol. The van der Waals surface area contributed by atoms with Gasteiger partial charge in [0, 0.05) is 50.5 Å². The summed E-state index contributed by atoms with van der Waals surface area (Å²) in [7, 11) is 1.55. The van der Waals surface area contributed by atoms with Crippen molar-refractivity contribution in [2.45, 2.75) is 57.5 Å². The van der Waals surface area contributed by atoms with Crippen molar-refractivity contribution in [1.82, 2.24) is 19.6 Å². The van der Waals surface area contributed by atoms with Crippen LogP contribution in [-0.2, 0) is 16.1 Å². The van der Waals surface area contributed by atoms with Gasteiger partial charge in [0.2, 0.25) is 18.4 Å². The maximum Gasteiger partial charge on any atom is 0.308 e. The fraction of sp³-hybridized carbons (Fsp3) is 0.607. The minimum atomic E-state index is -0.886. The van der Waals surface area contributed by atoms with E-state index in [1.54, 1.807) is 18.0 Å². The smallest absolute Gasteiger partial charge is 0.308 e. The molecule has 1 unspecified atom stereocenters. The average Bonchev–Trinajstić information content (AvgIpc) is 3.69. The summed E-state index contributed by atoms with van der Waals surface area (Å²) in [6.07, 6.45) is 7.75. The molecular formula is C28H41N5O6. The van der Waals surface area contributed by atoms with Crippen LogP contribution in [0.4, 0.5) is 0 Å². The predicted molar refractivity (Wildman–Crippen MR) is 145 cm³/mol. The Morgan fingerprint density at radius 1 is 1.23 bits per heavy atom. The molecule has 0 bridgehead atoms. The molecule has 4 rings (SSSR count). The summed E-state index contributed by atoms with van der Waals surface area (Å²) in [5, 5.41) is 14.8. The van der Waals surface area contributed by atoms with Crippen LogP contribution in [-0.4, -0.2) is 89.2 Å². The number of hydrogen-bond donors (Lipinski definition) is 2. The zero-order valence-electron chi connectivity index (χ0n) is 23.0. The van der Waals surface area contributed by atoms with E-state index in [4.69, 9.17) is 19.9 Å². The van der Waals surface area contributed by atoms with E-state index in [-0.39, 0.29) is 31.2 Å². The van der Waals surface area contributed by atoms with E-state index in [0.29, 0.717) is 56.4 Å². The van der Waals surface area contributed by atoms with Crippen molar-refractivity contribution < 1.29 is 28.9 Å². The molecule has 11 heteroatoms. The standard InChI is InChI=1S/C28H41N5O6/c1-3-4-11-31(12-6-5-9-29)25(34)18-32-17-21(20-15-23(37-2)27-24(16-20)38-19-39-27)26(28(35)36)22(32)8-14-33-13-7-10-30-33/h7,10,13,15-16,21-22,26H,3-6,8-9,11-12,14,17-19,29H2,1-2H3,(H,35,36)/t21-,22+,26?/m1/s1. The van der Waals surface area contributed by atoms with Crippen molar-refractivity contribution in [3.05, 3.63) is 36.2 Å². The van der Waals surface area contributed by atoms with Crippen molar-refractivity contribution in [2.75, 3.05) is 46.6 Å². The first-order valence-electron chi connectivity index (χ1n) is 13.9. The summed E-state index contributed by atoms with van der Waals surface area (Å²) in [6.45, 7) is 5.29. The molecule has 3 heterocycles. The number of ether oxygens (including phenoxy) is 3. The van der Waals surface area contributed by atoms with E-state index < -0.39 is 11.9 Å². The Hall–Kier alpha value is -3.31. The van der Waals surface area contributed by atoms with Gasteiger partial charge in [0.05, 0.1) is 19.6 Å². The van der Waals surface area contributed by atoms with E-state index in [2.05, 4.69) is 12.0 Å². The number of benzene rings is 1. The van der Waals surface area contributed by atoms with Crippen LogP contribution in [0.3, 0.4) is 0 Å². The van der Waals surface area contributed by atoms with Gasteiger partial charge in [0.15, 0.2) is 11.5 Å². The molecule has 2 aromatic rings. The van der Waals surface area contributed by atoms with Crippen LogP contribution in [0, 0.1) is 5.92 Å². The van der Waals surface area contributed by atoms with Crippen LogP contribution in [0.1, 0.15) is 50.5 Å². The molecule has 0 aliphatic carbocycles. The number of carbonyl (C=O) groups excluding carboxylic acids is 1. The third-order valence-corrected chi connectivity index (χ3v) is 7.71. The number of fused-ring (bicyclic) bond motifs is 1. The number of rotatable bonds is 15. The predicted octanol–water partition coefficient (Wildman–Crippen LogP) is 2.55. The van der Waals surface area contributed by atoms with Gasteiger partial charge in [-0.3, -0.25) is 19.2 Å². The Balaban J connectivity index is 1.61. The van der Waals surface area contributed by atoms with Crippen molar-refractivity contribution in [2.24, 2.45) is 11.7 Å². The topological polar surface area (TPSA) is 132 Å². The average molecular weight is 544 g/mol. The lowest BCUT2D eigenvalue weighted by atomic mass is 9.84. The van der Waals surface area contributed by atoms with E-state index >= 15 is 0 Å². The molecule has 2 aliphatic heterocycles. The highest BCUT2D eigenvalue weighted by atomic mass is 16.7. The number of unbranched alkanes of at least 4 members (excludes halogenated alkanes) is 2. The van der Waals surface area contributed by atoms with Crippen LogP contribution >= 0.6 is 0 Å². The number of carbonyl (C=O) groups is 2. The van der Waals surface area contributed by atoms with E-state index in [9.17, 15) is 14.7 Å². The Kier molecular flexibility index (Phi) is 10.0. The molecule has 3 N–H and O–H groups in total. The van der Waals surface area contributed by atoms with Crippen molar-refractivity contribution in [3.8, 4) is 17.2 Å².